The van der Waals surface area contributed by atoms with Crippen molar-refractivity contribution >= 4 is 0 Å². The Labute approximate surface area is 106 Å². The van der Waals surface area contributed by atoms with Crippen LogP contribution in [0.25, 0.3) is 0 Å². The summed E-state index contributed by atoms with van der Waals surface area (Å²) >= 11 is 0. The van der Waals surface area contributed by atoms with Crippen molar-refractivity contribution in [2.75, 3.05) is 0 Å². The summed E-state index contributed by atoms with van der Waals surface area (Å²) in [5.74, 6) is 1.78. The van der Waals surface area contributed by atoms with Gasteiger partial charge >= 0.3 is 0 Å². The topological polar surface area (TPSA) is 29.5 Å². The highest BCUT2D eigenvalue weighted by Gasteiger charge is 2.63. The van der Waals surface area contributed by atoms with Crippen LogP contribution in [0.15, 0.2) is 0 Å². The summed E-state index contributed by atoms with van der Waals surface area (Å²) in [4.78, 5) is 4.90. The molecule has 2 bridgehead atoms. The molecule has 5 atom stereocenters. The quantitative estimate of drug-likeness (QED) is 0.584. The Morgan fingerprint density at radius 2 is 2.00 bits per heavy atom. The van der Waals surface area contributed by atoms with Crippen molar-refractivity contribution in [3.63, 3.8) is 0 Å². The third-order valence-electron chi connectivity index (χ3n) is 6.58. The van der Waals surface area contributed by atoms with Gasteiger partial charge in [0.2, 0.25) is 0 Å². The predicted molar refractivity (Wildman–Crippen MR) is 69.7 cm³/mol. The minimum Gasteiger partial charge on any atom is -0.252 e. The minimum atomic E-state index is 0.0228. The van der Waals surface area contributed by atoms with E-state index in [0.717, 1.165) is 12.3 Å². The molecule has 17 heavy (non-hydrogen) atoms. The highest BCUT2D eigenvalue weighted by Crippen LogP contribution is 2.69. The molecule has 2 aliphatic carbocycles. The number of hydrogen-bond acceptors (Lipinski definition) is 2. The van der Waals surface area contributed by atoms with E-state index in [-0.39, 0.29) is 6.10 Å². The Morgan fingerprint density at radius 1 is 1.35 bits per heavy atom. The van der Waals surface area contributed by atoms with Crippen molar-refractivity contribution in [3.05, 3.63) is 0 Å². The van der Waals surface area contributed by atoms with Gasteiger partial charge in [0.15, 0.2) is 0 Å². The lowest BCUT2D eigenvalue weighted by Gasteiger charge is -2.43. The zero-order chi connectivity index (χ0) is 12.8. The van der Waals surface area contributed by atoms with E-state index >= 15 is 0 Å². The highest BCUT2D eigenvalue weighted by molar-refractivity contribution is 5.11. The van der Waals surface area contributed by atoms with Crippen LogP contribution in [0.5, 0.6) is 0 Å². The summed E-state index contributed by atoms with van der Waals surface area (Å²) in [6, 6.07) is 0. The maximum Gasteiger partial charge on any atom is 0.0986 e. The molecule has 100 valence electrons. The van der Waals surface area contributed by atoms with Crippen LogP contribution in [0.1, 0.15) is 60.3 Å². The average molecular weight is 240 g/mol. The predicted octanol–water partition coefficient (Wildman–Crippen LogP) is 4.35. The fraction of sp³-hybridized carbons (Fsp3) is 1.00. The van der Waals surface area contributed by atoms with Gasteiger partial charge in [0.25, 0.3) is 0 Å². The second-order valence-electron chi connectivity index (χ2n) is 7.17. The molecule has 0 aromatic carbocycles. The molecule has 2 nitrogen and oxygen atoms in total. The molecule has 0 radical (unpaired) electrons. The van der Waals surface area contributed by atoms with Crippen LogP contribution in [0.4, 0.5) is 0 Å². The first kappa shape index (κ1) is 13.4. The van der Waals surface area contributed by atoms with Gasteiger partial charge < -0.3 is 0 Å². The molecule has 0 heterocycles. The fourth-order valence-corrected chi connectivity index (χ4v) is 4.57. The van der Waals surface area contributed by atoms with Gasteiger partial charge in [-0.05, 0) is 47.8 Å². The largest absolute Gasteiger partial charge is 0.252 e. The molecule has 0 aliphatic heterocycles. The SMILES string of the molecule is CCC(C)C(OO)C1CC2CCC1(C)C2(C)C. The van der Waals surface area contributed by atoms with E-state index in [2.05, 4.69) is 34.6 Å². The lowest BCUT2D eigenvalue weighted by atomic mass is 9.64. The monoisotopic (exact) mass is 240 g/mol. The van der Waals surface area contributed by atoms with Gasteiger partial charge in [0.05, 0.1) is 6.10 Å². The van der Waals surface area contributed by atoms with Crippen LogP contribution in [0.2, 0.25) is 0 Å². The van der Waals surface area contributed by atoms with E-state index in [1.165, 1.54) is 19.3 Å². The van der Waals surface area contributed by atoms with E-state index in [9.17, 15) is 5.26 Å². The molecule has 0 aromatic rings. The molecule has 1 N–H and O–H groups in total. The smallest absolute Gasteiger partial charge is 0.0986 e. The van der Waals surface area contributed by atoms with Gasteiger partial charge in [-0.1, -0.05) is 41.0 Å². The summed E-state index contributed by atoms with van der Waals surface area (Å²) < 4.78 is 0. The van der Waals surface area contributed by atoms with Gasteiger partial charge in [-0.15, -0.1) is 0 Å². The first-order valence-corrected chi connectivity index (χ1v) is 7.18. The molecule has 0 saturated heterocycles. The Bertz CT molecular complexity index is 287. The van der Waals surface area contributed by atoms with E-state index in [4.69, 9.17) is 4.89 Å². The van der Waals surface area contributed by atoms with Crippen LogP contribution in [-0.4, -0.2) is 11.4 Å². The fourth-order valence-electron chi connectivity index (χ4n) is 4.57. The van der Waals surface area contributed by atoms with Crippen LogP contribution in [0, 0.1) is 28.6 Å². The van der Waals surface area contributed by atoms with Crippen molar-refractivity contribution in [1.82, 2.24) is 0 Å². The standard InChI is InChI=1S/C15H28O2/c1-6-10(2)13(17-16)12-9-11-7-8-15(12,5)14(11,3)4/h10-13,16H,6-9H2,1-5H3. The molecule has 5 unspecified atom stereocenters. The van der Waals surface area contributed by atoms with Gasteiger partial charge in [-0.2, -0.15) is 0 Å². The van der Waals surface area contributed by atoms with E-state index in [1.54, 1.807) is 0 Å². The van der Waals surface area contributed by atoms with Crippen LogP contribution < -0.4 is 0 Å². The lowest BCUT2D eigenvalue weighted by molar-refractivity contribution is -0.309. The molecule has 2 heteroatoms. The van der Waals surface area contributed by atoms with Crippen molar-refractivity contribution < 1.29 is 10.1 Å². The normalized spacial score (nSPS) is 42.7. The van der Waals surface area contributed by atoms with Crippen LogP contribution in [0.3, 0.4) is 0 Å². The zero-order valence-corrected chi connectivity index (χ0v) is 12.0. The van der Waals surface area contributed by atoms with Crippen LogP contribution >= 0.6 is 0 Å². The number of rotatable bonds is 4. The molecule has 2 rings (SSSR count). The van der Waals surface area contributed by atoms with E-state index in [0.29, 0.717) is 22.7 Å². The Morgan fingerprint density at radius 3 is 2.35 bits per heavy atom. The van der Waals surface area contributed by atoms with Crippen LogP contribution in [-0.2, 0) is 4.89 Å². The molecular formula is C15H28O2. The summed E-state index contributed by atoms with van der Waals surface area (Å²) in [6.07, 6.45) is 4.99. The maximum atomic E-state index is 9.30. The zero-order valence-electron chi connectivity index (χ0n) is 12.0. The molecule has 2 fully saturated rings. The van der Waals surface area contributed by atoms with Crippen molar-refractivity contribution in [2.24, 2.45) is 28.6 Å². The Hall–Kier alpha value is -0.0800. The average Bonchev–Trinajstić information content (AvgIpc) is 2.62. The lowest BCUT2D eigenvalue weighted by Crippen LogP contribution is -2.41. The Kier molecular flexibility index (Phi) is 3.33. The van der Waals surface area contributed by atoms with Crippen molar-refractivity contribution in [3.8, 4) is 0 Å². The van der Waals surface area contributed by atoms with E-state index < -0.39 is 0 Å². The first-order chi connectivity index (χ1) is 7.88. The van der Waals surface area contributed by atoms with Gasteiger partial charge in [0, 0.05) is 0 Å². The summed E-state index contributed by atoms with van der Waals surface area (Å²) in [7, 11) is 0. The van der Waals surface area contributed by atoms with Gasteiger partial charge in [-0.3, -0.25) is 5.26 Å². The summed E-state index contributed by atoms with van der Waals surface area (Å²) in [5, 5.41) is 9.30. The van der Waals surface area contributed by atoms with Gasteiger partial charge in [-0.25, -0.2) is 4.89 Å². The minimum absolute atomic E-state index is 0.0228. The number of fused-ring (bicyclic) bond motifs is 2. The molecule has 0 spiro atoms. The van der Waals surface area contributed by atoms with E-state index in [1.807, 2.05) is 0 Å². The molecule has 2 aliphatic rings. The molecular weight excluding hydrogens is 212 g/mol. The van der Waals surface area contributed by atoms with Crippen molar-refractivity contribution in [2.45, 2.75) is 66.4 Å². The van der Waals surface area contributed by atoms with Gasteiger partial charge in [0.1, 0.15) is 0 Å². The first-order valence-electron chi connectivity index (χ1n) is 7.18. The summed E-state index contributed by atoms with van der Waals surface area (Å²) in [5.41, 5.74) is 0.746. The second-order valence-corrected chi connectivity index (χ2v) is 7.17. The third kappa shape index (κ3) is 1.67. The van der Waals surface area contributed by atoms with Crippen molar-refractivity contribution in [1.29, 1.82) is 0 Å². The Balaban J connectivity index is 2.24. The molecule has 2 saturated carbocycles. The third-order valence-corrected chi connectivity index (χ3v) is 6.58. The highest BCUT2D eigenvalue weighted by atomic mass is 17.1. The second kappa shape index (κ2) is 4.24. The molecule has 0 aromatic heterocycles. The number of hydrogen-bond donors (Lipinski definition) is 1. The molecule has 0 amide bonds. The maximum absolute atomic E-state index is 9.30. The summed E-state index contributed by atoms with van der Waals surface area (Å²) in [6.45, 7) is 11.6.